The number of carbonyl (C=O) groups excluding carboxylic acids is 3. The Balaban J connectivity index is 4.30. The molecule has 0 saturated carbocycles. The maximum atomic E-state index is 12.8. The van der Waals surface area contributed by atoms with Crippen LogP contribution in [0.1, 0.15) is 298 Å². The Kier molecular flexibility index (Phi) is 45.2. The molecule has 0 amide bonds. The van der Waals surface area contributed by atoms with Gasteiger partial charge >= 0.3 is 17.9 Å². The van der Waals surface area contributed by atoms with Gasteiger partial charge in [0.05, 0.1) is 0 Å². The van der Waals surface area contributed by atoms with Crippen molar-refractivity contribution in [2.45, 2.75) is 304 Å². The van der Waals surface area contributed by atoms with Gasteiger partial charge in [0.25, 0.3) is 0 Å². The van der Waals surface area contributed by atoms with E-state index in [4.69, 9.17) is 14.2 Å². The molecule has 0 radical (unpaired) electrons. The zero-order valence-electron chi connectivity index (χ0n) is 42.0. The van der Waals surface area contributed by atoms with E-state index in [0.29, 0.717) is 19.3 Å². The molecule has 2 atom stereocenters. The Bertz CT molecular complexity index is 947. The maximum Gasteiger partial charge on any atom is 0.306 e. The summed E-state index contributed by atoms with van der Waals surface area (Å²) < 4.78 is 16.8. The van der Waals surface area contributed by atoms with E-state index in [-0.39, 0.29) is 31.1 Å². The van der Waals surface area contributed by atoms with Crippen molar-refractivity contribution in [3.05, 3.63) is 0 Å². The molecule has 0 spiro atoms. The van der Waals surface area contributed by atoms with E-state index in [1.807, 2.05) is 0 Å². The average molecular weight is 863 g/mol. The number of unbranched alkanes of at least 4 members (excludes halogenated alkanes) is 30. The van der Waals surface area contributed by atoms with Crippen molar-refractivity contribution >= 4 is 17.9 Å². The Labute approximate surface area is 380 Å². The predicted molar refractivity (Wildman–Crippen MR) is 261 cm³/mol. The lowest BCUT2D eigenvalue weighted by atomic mass is 9.99. The number of hydrogen-bond acceptors (Lipinski definition) is 6. The Morgan fingerprint density at radius 2 is 0.574 bits per heavy atom. The van der Waals surface area contributed by atoms with E-state index in [0.717, 1.165) is 75.5 Å². The summed E-state index contributed by atoms with van der Waals surface area (Å²) in [7, 11) is 0. The molecule has 0 bridgehead atoms. The molecule has 362 valence electrons. The first-order valence-electron chi connectivity index (χ1n) is 27.1. The van der Waals surface area contributed by atoms with E-state index >= 15 is 0 Å². The monoisotopic (exact) mass is 863 g/mol. The second-order valence-electron chi connectivity index (χ2n) is 20.1. The molecule has 0 aromatic carbocycles. The molecule has 0 aliphatic rings. The van der Waals surface area contributed by atoms with E-state index in [1.54, 1.807) is 0 Å². The summed E-state index contributed by atoms with van der Waals surface area (Å²) in [6, 6.07) is 0. The number of esters is 3. The molecular weight excluding hydrogens is 757 g/mol. The van der Waals surface area contributed by atoms with Gasteiger partial charge in [-0.3, -0.25) is 14.4 Å². The first kappa shape index (κ1) is 59.4. The summed E-state index contributed by atoms with van der Waals surface area (Å²) in [5.74, 6) is 1.67. The number of hydrogen-bond donors (Lipinski definition) is 0. The Hall–Kier alpha value is -1.59. The summed E-state index contributed by atoms with van der Waals surface area (Å²) >= 11 is 0. The van der Waals surface area contributed by atoms with Gasteiger partial charge in [0.2, 0.25) is 0 Å². The third-order valence-corrected chi connectivity index (χ3v) is 12.8. The molecule has 0 aromatic heterocycles. The van der Waals surface area contributed by atoms with Crippen molar-refractivity contribution in [2.24, 2.45) is 17.8 Å². The van der Waals surface area contributed by atoms with Crippen LogP contribution < -0.4 is 0 Å². The minimum atomic E-state index is -0.763. The summed E-state index contributed by atoms with van der Waals surface area (Å²) in [5.41, 5.74) is 0. The van der Waals surface area contributed by atoms with Gasteiger partial charge < -0.3 is 14.2 Å². The Morgan fingerprint density at radius 1 is 0.328 bits per heavy atom. The van der Waals surface area contributed by atoms with Crippen LogP contribution in [0.5, 0.6) is 0 Å². The normalized spacial score (nSPS) is 12.6. The molecule has 0 aromatic rings. The molecule has 0 rings (SSSR count). The number of ether oxygens (including phenoxy) is 3. The summed E-state index contributed by atoms with van der Waals surface area (Å²) in [6.45, 7) is 13.7. The summed E-state index contributed by atoms with van der Waals surface area (Å²) in [6.07, 6.45) is 46.6. The third-order valence-electron chi connectivity index (χ3n) is 12.8. The molecular formula is C55H106O6. The molecule has 0 aliphatic heterocycles. The summed E-state index contributed by atoms with van der Waals surface area (Å²) in [4.78, 5) is 38.0. The molecule has 0 aliphatic carbocycles. The smallest absolute Gasteiger partial charge is 0.306 e. The SMILES string of the molecule is CCC(C)CCCCCCCCCCC(=O)O[C@@H](COC(=O)CCCCCCCCCCCCCCCCC(C)C)COC(=O)CCCCCCCCCCCCCC(C)C. The maximum absolute atomic E-state index is 12.8. The quantitative estimate of drug-likeness (QED) is 0.0344. The van der Waals surface area contributed by atoms with Crippen LogP contribution >= 0.6 is 0 Å². The Morgan fingerprint density at radius 3 is 0.852 bits per heavy atom. The number of carbonyl (C=O) groups is 3. The topological polar surface area (TPSA) is 78.9 Å². The summed E-state index contributed by atoms with van der Waals surface area (Å²) in [5, 5.41) is 0. The van der Waals surface area contributed by atoms with E-state index in [1.165, 1.54) is 180 Å². The van der Waals surface area contributed by atoms with Crippen molar-refractivity contribution in [3.63, 3.8) is 0 Å². The number of rotatable bonds is 48. The second-order valence-corrected chi connectivity index (χ2v) is 20.1. The van der Waals surface area contributed by atoms with Crippen LogP contribution in [0.25, 0.3) is 0 Å². The van der Waals surface area contributed by atoms with Crippen molar-refractivity contribution in [1.82, 2.24) is 0 Å². The molecule has 6 heteroatoms. The highest BCUT2D eigenvalue weighted by atomic mass is 16.6. The van der Waals surface area contributed by atoms with Crippen LogP contribution in [0.4, 0.5) is 0 Å². The van der Waals surface area contributed by atoms with Crippen LogP contribution in [0, 0.1) is 17.8 Å². The van der Waals surface area contributed by atoms with Crippen LogP contribution in [0.3, 0.4) is 0 Å². The van der Waals surface area contributed by atoms with Crippen LogP contribution in [0.15, 0.2) is 0 Å². The van der Waals surface area contributed by atoms with Crippen LogP contribution in [0.2, 0.25) is 0 Å². The lowest BCUT2D eigenvalue weighted by Crippen LogP contribution is -2.30. The molecule has 61 heavy (non-hydrogen) atoms. The second kappa shape index (κ2) is 46.4. The van der Waals surface area contributed by atoms with Crippen molar-refractivity contribution in [2.75, 3.05) is 13.2 Å². The lowest BCUT2D eigenvalue weighted by molar-refractivity contribution is -0.167. The van der Waals surface area contributed by atoms with Gasteiger partial charge in [-0.05, 0) is 37.0 Å². The van der Waals surface area contributed by atoms with Gasteiger partial charge in [-0.15, -0.1) is 0 Å². The van der Waals surface area contributed by atoms with Crippen molar-refractivity contribution in [3.8, 4) is 0 Å². The molecule has 6 nitrogen and oxygen atoms in total. The zero-order valence-corrected chi connectivity index (χ0v) is 42.0. The van der Waals surface area contributed by atoms with Gasteiger partial charge in [-0.1, -0.05) is 260 Å². The molecule has 0 N–H and O–H groups in total. The minimum absolute atomic E-state index is 0.0645. The highest BCUT2D eigenvalue weighted by Crippen LogP contribution is 2.18. The van der Waals surface area contributed by atoms with Gasteiger partial charge in [0.15, 0.2) is 6.10 Å². The van der Waals surface area contributed by atoms with Crippen molar-refractivity contribution < 1.29 is 28.6 Å². The van der Waals surface area contributed by atoms with Crippen LogP contribution in [-0.2, 0) is 28.6 Å². The largest absolute Gasteiger partial charge is 0.462 e. The van der Waals surface area contributed by atoms with Crippen LogP contribution in [-0.4, -0.2) is 37.2 Å². The van der Waals surface area contributed by atoms with Gasteiger partial charge in [0, 0.05) is 19.3 Å². The fourth-order valence-corrected chi connectivity index (χ4v) is 8.26. The first-order valence-corrected chi connectivity index (χ1v) is 27.1. The zero-order chi connectivity index (χ0) is 44.9. The first-order chi connectivity index (χ1) is 29.6. The average Bonchev–Trinajstić information content (AvgIpc) is 3.23. The minimum Gasteiger partial charge on any atom is -0.462 e. The lowest BCUT2D eigenvalue weighted by Gasteiger charge is -2.18. The fraction of sp³-hybridized carbons (Fsp3) is 0.945. The highest BCUT2D eigenvalue weighted by Gasteiger charge is 2.19. The fourth-order valence-electron chi connectivity index (χ4n) is 8.26. The molecule has 0 saturated heterocycles. The van der Waals surface area contributed by atoms with Gasteiger partial charge in [-0.2, -0.15) is 0 Å². The molecule has 1 unspecified atom stereocenters. The van der Waals surface area contributed by atoms with E-state index in [2.05, 4.69) is 41.5 Å². The molecule has 0 fully saturated rings. The standard InChI is InChI=1S/C55H106O6/c1-7-51(6)43-37-31-25-21-22-28-34-40-46-55(58)61-52(48-60-54(57)45-39-33-27-20-16-12-14-18-24-30-36-42-50(4)5)47-59-53(56)44-38-32-26-19-15-11-9-8-10-13-17-23-29-35-41-49(2)3/h49-52H,7-48H2,1-6H3/t51?,52-/m0/s1. The predicted octanol–water partition coefficient (Wildman–Crippen LogP) is 17.6. The van der Waals surface area contributed by atoms with Gasteiger partial charge in [-0.25, -0.2) is 0 Å². The highest BCUT2D eigenvalue weighted by molar-refractivity contribution is 5.71. The molecule has 0 heterocycles. The van der Waals surface area contributed by atoms with Gasteiger partial charge in [0.1, 0.15) is 13.2 Å². The third kappa shape index (κ3) is 47.7. The van der Waals surface area contributed by atoms with E-state index < -0.39 is 6.10 Å². The van der Waals surface area contributed by atoms with Crippen molar-refractivity contribution in [1.29, 1.82) is 0 Å². The van der Waals surface area contributed by atoms with E-state index in [9.17, 15) is 14.4 Å².